The van der Waals surface area contributed by atoms with Crippen molar-refractivity contribution >= 4 is 5.69 Å². The van der Waals surface area contributed by atoms with E-state index < -0.39 is 0 Å². The van der Waals surface area contributed by atoms with Crippen molar-refractivity contribution in [2.75, 3.05) is 11.9 Å². The largest absolute Gasteiger partial charge is 0.378 e. The van der Waals surface area contributed by atoms with E-state index in [1.165, 1.54) is 31.4 Å². The molecule has 3 N–H and O–H groups in total. The van der Waals surface area contributed by atoms with Gasteiger partial charge in [0.05, 0.1) is 0 Å². The highest BCUT2D eigenvalue weighted by Crippen LogP contribution is 2.39. The molecule has 1 aliphatic carbocycles. The zero-order chi connectivity index (χ0) is 13.9. The van der Waals surface area contributed by atoms with E-state index in [0.29, 0.717) is 12.0 Å². The van der Waals surface area contributed by atoms with E-state index in [-0.39, 0.29) is 11.4 Å². The lowest BCUT2D eigenvalue weighted by Crippen LogP contribution is -2.45. The number of nitrogens with two attached hydrogens (primary N) is 1. The van der Waals surface area contributed by atoms with Crippen molar-refractivity contribution < 1.29 is 4.39 Å². The molecule has 2 nitrogen and oxygen atoms in total. The summed E-state index contributed by atoms with van der Waals surface area (Å²) in [6.07, 6.45) is 5.79. The van der Waals surface area contributed by atoms with Crippen molar-refractivity contribution in [2.45, 2.75) is 51.5 Å². The molecule has 1 atom stereocenters. The van der Waals surface area contributed by atoms with Crippen LogP contribution in [-0.2, 0) is 0 Å². The van der Waals surface area contributed by atoms with Crippen LogP contribution < -0.4 is 11.1 Å². The number of halogens is 1. The van der Waals surface area contributed by atoms with E-state index in [2.05, 4.69) is 19.2 Å². The Labute approximate surface area is 115 Å². The molecule has 1 aromatic rings. The van der Waals surface area contributed by atoms with Crippen molar-refractivity contribution in [3.8, 4) is 0 Å². The lowest BCUT2D eigenvalue weighted by molar-refractivity contribution is 0.305. The summed E-state index contributed by atoms with van der Waals surface area (Å²) in [5.41, 5.74) is 7.37. The predicted molar refractivity (Wildman–Crippen MR) is 78.7 cm³/mol. The highest BCUT2D eigenvalue weighted by molar-refractivity contribution is 5.45. The summed E-state index contributed by atoms with van der Waals surface area (Å²) >= 11 is 0. The van der Waals surface area contributed by atoms with Crippen LogP contribution in [0.3, 0.4) is 0 Å². The van der Waals surface area contributed by atoms with E-state index in [1.54, 1.807) is 12.1 Å². The fourth-order valence-electron chi connectivity index (χ4n) is 2.95. The number of rotatable bonds is 3. The van der Waals surface area contributed by atoms with E-state index in [9.17, 15) is 4.39 Å². The van der Waals surface area contributed by atoms with Gasteiger partial charge < -0.3 is 11.1 Å². The van der Waals surface area contributed by atoms with Crippen LogP contribution in [0.1, 0.15) is 46.0 Å². The van der Waals surface area contributed by atoms with Crippen LogP contribution in [0.25, 0.3) is 0 Å². The third-order valence-corrected chi connectivity index (χ3v) is 4.43. The van der Waals surface area contributed by atoms with Crippen molar-refractivity contribution in [1.82, 2.24) is 0 Å². The highest BCUT2D eigenvalue weighted by atomic mass is 19.1. The van der Waals surface area contributed by atoms with Gasteiger partial charge in [0.1, 0.15) is 5.82 Å². The SMILES string of the molecule is CC1(C)CCCC(CN)(Nc2ccc(F)cc2)CC1. The Bertz CT molecular complexity index is 413. The van der Waals surface area contributed by atoms with E-state index >= 15 is 0 Å². The number of anilines is 1. The number of benzene rings is 1. The van der Waals surface area contributed by atoms with Crippen LogP contribution in [0.15, 0.2) is 24.3 Å². The molecule has 1 unspecified atom stereocenters. The van der Waals surface area contributed by atoms with Gasteiger partial charge in [-0.3, -0.25) is 0 Å². The molecular weight excluding hydrogens is 239 g/mol. The van der Waals surface area contributed by atoms with E-state index in [4.69, 9.17) is 5.73 Å². The molecule has 0 spiro atoms. The van der Waals surface area contributed by atoms with Crippen LogP contribution in [0.2, 0.25) is 0 Å². The second-order valence-corrected chi connectivity index (χ2v) is 6.63. The molecule has 0 radical (unpaired) electrons. The van der Waals surface area contributed by atoms with Gasteiger partial charge >= 0.3 is 0 Å². The summed E-state index contributed by atoms with van der Waals surface area (Å²) in [5.74, 6) is -0.200. The predicted octanol–water partition coefficient (Wildman–Crippen LogP) is 3.93. The van der Waals surface area contributed by atoms with Crippen molar-refractivity contribution in [2.24, 2.45) is 11.1 Å². The fourth-order valence-corrected chi connectivity index (χ4v) is 2.95. The topological polar surface area (TPSA) is 38.0 Å². The van der Waals surface area contributed by atoms with Gasteiger partial charge in [0.2, 0.25) is 0 Å². The van der Waals surface area contributed by atoms with Crippen molar-refractivity contribution in [1.29, 1.82) is 0 Å². The standard InChI is InChI=1S/C16H25FN2/c1-15(2)8-3-9-16(12-18,11-10-15)19-14-6-4-13(17)5-7-14/h4-7,19H,3,8-12,18H2,1-2H3. The van der Waals surface area contributed by atoms with Gasteiger partial charge in [-0.25, -0.2) is 4.39 Å². The monoisotopic (exact) mass is 264 g/mol. The summed E-state index contributed by atoms with van der Waals surface area (Å²) in [6.45, 7) is 5.29. The third kappa shape index (κ3) is 3.69. The Balaban J connectivity index is 2.11. The molecule has 0 heterocycles. The average molecular weight is 264 g/mol. The molecule has 0 saturated heterocycles. The molecule has 1 fully saturated rings. The first kappa shape index (κ1) is 14.3. The van der Waals surface area contributed by atoms with E-state index in [0.717, 1.165) is 18.5 Å². The molecule has 1 saturated carbocycles. The maximum absolute atomic E-state index is 13.0. The van der Waals surface area contributed by atoms with Crippen LogP contribution in [0.4, 0.5) is 10.1 Å². The van der Waals surface area contributed by atoms with Gasteiger partial charge in [0, 0.05) is 17.8 Å². The lowest BCUT2D eigenvalue weighted by Gasteiger charge is -2.34. The maximum Gasteiger partial charge on any atom is 0.123 e. The van der Waals surface area contributed by atoms with Crippen molar-refractivity contribution in [3.05, 3.63) is 30.1 Å². The van der Waals surface area contributed by atoms with Gasteiger partial charge in [-0.05, 0) is 55.4 Å². The van der Waals surface area contributed by atoms with Crippen LogP contribution in [0, 0.1) is 11.2 Å². The molecule has 0 amide bonds. The Kier molecular flexibility index (Phi) is 4.14. The van der Waals surface area contributed by atoms with Gasteiger partial charge in [-0.2, -0.15) is 0 Å². The molecule has 0 aromatic heterocycles. The molecule has 19 heavy (non-hydrogen) atoms. The summed E-state index contributed by atoms with van der Waals surface area (Å²) in [5, 5.41) is 3.56. The van der Waals surface area contributed by atoms with Gasteiger partial charge in [0.25, 0.3) is 0 Å². The minimum absolute atomic E-state index is 0.0361. The van der Waals surface area contributed by atoms with Crippen LogP contribution in [-0.4, -0.2) is 12.1 Å². The van der Waals surface area contributed by atoms with Crippen LogP contribution >= 0.6 is 0 Å². The summed E-state index contributed by atoms with van der Waals surface area (Å²) in [6, 6.07) is 6.58. The maximum atomic E-state index is 13.0. The summed E-state index contributed by atoms with van der Waals surface area (Å²) in [7, 11) is 0. The highest BCUT2D eigenvalue weighted by Gasteiger charge is 2.34. The molecule has 1 aromatic carbocycles. The number of hydrogen-bond acceptors (Lipinski definition) is 2. The molecule has 2 rings (SSSR count). The summed E-state index contributed by atoms with van der Waals surface area (Å²) in [4.78, 5) is 0. The number of nitrogens with one attached hydrogen (secondary N) is 1. The molecule has 3 heteroatoms. The second-order valence-electron chi connectivity index (χ2n) is 6.63. The molecule has 0 bridgehead atoms. The quantitative estimate of drug-likeness (QED) is 0.812. The smallest absolute Gasteiger partial charge is 0.123 e. The van der Waals surface area contributed by atoms with Gasteiger partial charge in [0.15, 0.2) is 0 Å². The second kappa shape index (κ2) is 5.49. The fraction of sp³-hybridized carbons (Fsp3) is 0.625. The van der Waals surface area contributed by atoms with Gasteiger partial charge in [-0.15, -0.1) is 0 Å². The summed E-state index contributed by atoms with van der Waals surface area (Å²) < 4.78 is 13.0. The van der Waals surface area contributed by atoms with E-state index in [1.807, 2.05) is 0 Å². The normalized spacial score (nSPS) is 26.7. The first-order valence-electron chi connectivity index (χ1n) is 7.19. The minimum atomic E-state index is -0.200. The average Bonchev–Trinajstić information content (AvgIpc) is 2.52. The zero-order valence-corrected chi connectivity index (χ0v) is 12.0. The van der Waals surface area contributed by atoms with Gasteiger partial charge in [-0.1, -0.05) is 20.3 Å². The Morgan fingerprint density at radius 3 is 2.42 bits per heavy atom. The van der Waals surface area contributed by atoms with Crippen molar-refractivity contribution in [3.63, 3.8) is 0 Å². The first-order chi connectivity index (χ1) is 8.95. The Morgan fingerprint density at radius 1 is 1.11 bits per heavy atom. The zero-order valence-electron chi connectivity index (χ0n) is 12.0. The molecule has 0 aliphatic heterocycles. The lowest BCUT2D eigenvalue weighted by atomic mass is 9.83. The molecule has 1 aliphatic rings. The minimum Gasteiger partial charge on any atom is -0.378 e. The molecular formula is C16H25FN2. The Hall–Kier alpha value is -1.09. The van der Waals surface area contributed by atoms with Crippen LogP contribution in [0.5, 0.6) is 0 Å². The third-order valence-electron chi connectivity index (χ3n) is 4.43. The first-order valence-corrected chi connectivity index (χ1v) is 7.19. The molecule has 106 valence electrons. The Morgan fingerprint density at radius 2 is 1.79 bits per heavy atom. The number of hydrogen-bond donors (Lipinski definition) is 2.